The fourth-order valence-corrected chi connectivity index (χ4v) is 4.75. The average molecular weight is 405 g/mol. The van der Waals surface area contributed by atoms with Gasteiger partial charge in [0.05, 0.1) is 18.5 Å². The van der Waals surface area contributed by atoms with E-state index in [1.165, 1.54) is 6.34 Å². The van der Waals surface area contributed by atoms with E-state index >= 15 is 0 Å². The Hall–Kier alpha value is -2.30. The van der Waals surface area contributed by atoms with Gasteiger partial charge in [0, 0.05) is 20.0 Å². The van der Waals surface area contributed by atoms with Crippen molar-refractivity contribution in [2.75, 3.05) is 14.1 Å². The molecule has 3 heterocycles. The third-order valence-corrected chi connectivity index (χ3v) is 5.89. The zero-order valence-electron chi connectivity index (χ0n) is 16.2. The van der Waals surface area contributed by atoms with Crippen molar-refractivity contribution < 1.29 is 14.6 Å². The molecule has 1 N–H and O–H groups in total. The van der Waals surface area contributed by atoms with E-state index in [2.05, 4.69) is 21.5 Å². The Morgan fingerprint density at radius 1 is 1.36 bits per heavy atom. The number of aromatic nitrogens is 3. The minimum Gasteiger partial charge on any atom is -0.492 e. The van der Waals surface area contributed by atoms with Gasteiger partial charge >= 0.3 is 4.87 Å². The van der Waals surface area contributed by atoms with E-state index in [0.717, 1.165) is 11.3 Å². The van der Waals surface area contributed by atoms with E-state index in [1.807, 2.05) is 34.0 Å². The molecule has 1 aliphatic carbocycles. The molecule has 150 valence electrons. The first kappa shape index (κ1) is 19.0. The van der Waals surface area contributed by atoms with Crippen molar-refractivity contribution in [2.24, 2.45) is 10.9 Å². The summed E-state index contributed by atoms with van der Waals surface area (Å²) < 4.78 is 14.1. The molecule has 2 aromatic heterocycles. The molecule has 1 saturated heterocycles. The van der Waals surface area contributed by atoms with Gasteiger partial charge in [0.1, 0.15) is 10.8 Å². The summed E-state index contributed by atoms with van der Waals surface area (Å²) >= 11 is 0.916. The van der Waals surface area contributed by atoms with Crippen molar-refractivity contribution in [1.29, 1.82) is 0 Å². The van der Waals surface area contributed by atoms with E-state index in [9.17, 15) is 9.90 Å². The summed E-state index contributed by atoms with van der Waals surface area (Å²) in [5.41, 5.74) is 0.357. The highest BCUT2D eigenvalue weighted by atomic mass is 32.1. The van der Waals surface area contributed by atoms with Crippen LogP contribution in [-0.2, 0) is 9.47 Å². The molecule has 0 amide bonds. The molecule has 2 aromatic rings. The van der Waals surface area contributed by atoms with E-state index in [1.54, 1.807) is 9.47 Å². The van der Waals surface area contributed by atoms with Crippen LogP contribution in [0.2, 0.25) is 0 Å². The summed E-state index contributed by atoms with van der Waals surface area (Å²) in [6, 6.07) is -0.281. The normalized spacial score (nSPS) is 28.9. The summed E-state index contributed by atoms with van der Waals surface area (Å²) in [4.78, 5) is 26.9. The molecule has 2 fully saturated rings. The molecule has 2 aliphatic rings. The molecule has 1 saturated carbocycles. The van der Waals surface area contributed by atoms with Crippen molar-refractivity contribution in [3.63, 3.8) is 0 Å². The van der Waals surface area contributed by atoms with Gasteiger partial charge in [-0.3, -0.25) is 9.36 Å². The van der Waals surface area contributed by atoms with E-state index in [0.29, 0.717) is 16.8 Å². The predicted octanol–water partition coefficient (Wildman–Crippen LogP) is 2.05. The van der Waals surface area contributed by atoms with Gasteiger partial charge in [0.2, 0.25) is 5.88 Å². The van der Waals surface area contributed by atoms with Gasteiger partial charge in [-0.2, -0.15) is 9.97 Å². The van der Waals surface area contributed by atoms with Crippen molar-refractivity contribution >= 4 is 34.0 Å². The Kier molecular flexibility index (Phi) is 4.52. The van der Waals surface area contributed by atoms with Crippen LogP contribution in [0.3, 0.4) is 0 Å². The van der Waals surface area contributed by atoms with Crippen LogP contribution in [0.4, 0.5) is 5.95 Å². The lowest BCUT2D eigenvalue weighted by atomic mass is 10.1. The molecule has 28 heavy (non-hydrogen) atoms. The summed E-state index contributed by atoms with van der Waals surface area (Å²) in [5, 5.41) is 10.3. The van der Waals surface area contributed by atoms with Crippen molar-refractivity contribution in [1.82, 2.24) is 19.4 Å². The molecule has 0 bridgehead atoms. The quantitative estimate of drug-likeness (QED) is 0.472. The average Bonchev–Trinajstić information content (AvgIpc) is 3.21. The number of ether oxygens (including phenoxy) is 2. The monoisotopic (exact) mass is 405 g/mol. The van der Waals surface area contributed by atoms with Crippen LogP contribution in [0.5, 0.6) is 5.88 Å². The van der Waals surface area contributed by atoms with Crippen molar-refractivity contribution in [3.8, 4) is 5.88 Å². The second kappa shape index (κ2) is 6.64. The fourth-order valence-electron chi connectivity index (χ4n) is 3.89. The predicted molar refractivity (Wildman–Crippen MR) is 106 cm³/mol. The van der Waals surface area contributed by atoms with Crippen LogP contribution in [0, 0.1) is 5.92 Å². The number of aliphatic imine (C=N–C) groups is 1. The largest absolute Gasteiger partial charge is 0.492 e. The summed E-state index contributed by atoms with van der Waals surface area (Å²) in [5.74, 6) is -0.844. The standard InChI is InChI=1S/C18H23N5O4S/c1-6-9-7-10(12-11(9)26-18(2,3)27-12)23-14-13(28-17(23)25)15(24)21-16(20-14)19-8-22(4)5/h6,8-12H,1,7H2,2-5H3,(H,20,21,24)/b19-8+/t9-,10+,11+,12-/m0/s1. The first-order chi connectivity index (χ1) is 13.2. The number of aromatic hydroxyl groups is 1. The highest BCUT2D eigenvalue weighted by molar-refractivity contribution is 7.16. The van der Waals surface area contributed by atoms with E-state index in [4.69, 9.17) is 9.47 Å². The van der Waals surface area contributed by atoms with Crippen molar-refractivity contribution in [2.45, 2.75) is 44.3 Å². The molecule has 4 atom stereocenters. The molecule has 9 nitrogen and oxygen atoms in total. The third-order valence-electron chi connectivity index (χ3n) is 4.95. The minimum atomic E-state index is -0.733. The van der Waals surface area contributed by atoms with E-state index < -0.39 is 5.79 Å². The second-order valence-electron chi connectivity index (χ2n) is 7.71. The summed E-state index contributed by atoms with van der Waals surface area (Å²) in [7, 11) is 3.63. The molecule has 0 radical (unpaired) electrons. The minimum absolute atomic E-state index is 0.0558. The maximum atomic E-state index is 12.8. The van der Waals surface area contributed by atoms with Crippen LogP contribution in [0.25, 0.3) is 10.3 Å². The Balaban J connectivity index is 1.83. The van der Waals surface area contributed by atoms with Gasteiger partial charge < -0.3 is 19.5 Å². The molecule has 1 aliphatic heterocycles. The maximum absolute atomic E-state index is 12.8. The van der Waals surface area contributed by atoms with Crippen molar-refractivity contribution in [3.05, 3.63) is 22.3 Å². The van der Waals surface area contributed by atoms with Crippen LogP contribution in [0.15, 0.2) is 22.4 Å². The zero-order chi connectivity index (χ0) is 20.2. The molecule has 0 spiro atoms. The van der Waals surface area contributed by atoms with Gasteiger partial charge in [0.25, 0.3) is 5.95 Å². The summed E-state index contributed by atoms with van der Waals surface area (Å²) in [6.07, 6.45) is 3.54. The van der Waals surface area contributed by atoms with Gasteiger partial charge in [-0.25, -0.2) is 4.99 Å². The number of hydrogen-bond donors (Lipinski definition) is 1. The molecule has 0 unspecified atom stereocenters. The lowest BCUT2D eigenvalue weighted by Crippen LogP contribution is -2.31. The second-order valence-corrected chi connectivity index (χ2v) is 8.68. The molecular weight excluding hydrogens is 382 g/mol. The van der Waals surface area contributed by atoms with Gasteiger partial charge in [-0.15, -0.1) is 6.58 Å². The topological polar surface area (TPSA) is 102 Å². The maximum Gasteiger partial charge on any atom is 0.309 e. The SMILES string of the molecule is C=C[C@H]1C[C@@H](n2c(=O)sc3c(O)nc(/N=C/N(C)C)nc32)[C@@H]2OC(C)(C)O[C@@H]21. The smallest absolute Gasteiger partial charge is 0.309 e. The van der Waals surface area contributed by atoms with Crippen LogP contribution in [-0.4, -0.2) is 63.0 Å². The number of rotatable bonds is 4. The highest BCUT2D eigenvalue weighted by Crippen LogP contribution is 2.48. The molecule has 0 aromatic carbocycles. The Labute approximate surface area is 166 Å². The third kappa shape index (κ3) is 3.11. The van der Waals surface area contributed by atoms with Crippen LogP contribution in [0.1, 0.15) is 26.3 Å². The number of fused-ring (bicyclic) bond motifs is 2. The van der Waals surface area contributed by atoms with Gasteiger partial charge in [-0.1, -0.05) is 17.4 Å². The number of thiazole rings is 1. The molecular formula is C18H23N5O4S. The lowest BCUT2D eigenvalue weighted by molar-refractivity contribution is -0.158. The first-order valence-electron chi connectivity index (χ1n) is 9.01. The van der Waals surface area contributed by atoms with Gasteiger partial charge in [-0.05, 0) is 20.3 Å². The molecule has 4 rings (SSSR count). The van der Waals surface area contributed by atoms with Crippen LogP contribution < -0.4 is 4.87 Å². The first-order valence-corrected chi connectivity index (χ1v) is 9.82. The zero-order valence-corrected chi connectivity index (χ0v) is 17.0. The summed E-state index contributed by atoms with van der Waals surface area (Å²) in [6.45, 7) is 7.63. The van der Waals surface area contributed by atoms with E-state index in [-0.39, 0.29) is 40.9 Å². The Bertz CT molecular complexity index is 1010. The highest BCUT2D eigenvalue weighted by Gasteiger charge is 2.54. The van der Waals surface area contributed by atoms with Gasteiger partial charge in [0.15, 0.2) is 11.4 Å². The fraction of sp³-hybridized carbons (Fsp3) is 0.556. The number of nitrogens with zero attached hydrogens (tertiary/aromatic N) is 5. The Morgan fingerprint density at radius 3 is 2.75 bits per heavy atom. The van der Waals surface area contributed by atoms with Crippen LogP contribution >= 0.6 is 11.3 Å². The molecule has 10 heteroatoms. The number of hydrogen-bond acceptors (Lipinski definition) is 8. The Morgan fingerprint density at radius 2 is 2.07 bits per heavy atom. The lowest BCUT2D eigenvalue weighted by Gasteiger charge is -2.23.